The summed E-state index contributed by atoms with van der Waals surface area (Å²) in [5.41, 5.74) is -2.34. The Balaban J connectivity index is 2.65. The molecule has 0 saturated carbocycles. The number of rotatable bonds is 2. The second kappa shape index (κ2) is 4.21. The highest BCUT2D eigenvalue weighted by atomic mass is 19.4. The fraction of sp³-hybridized carbons (Fsp3) is 0.100. The topological polar surface area (TPSA) is 47.8 Å². The summed E-state index contributed by atoms with van der Waals surface area (Å²) >= 11 is 0. The third-order valence-electron chi connectivity index (χ3n) is 2.13. The fourth-order valence-electron chi connectivity index (χ4n) is 1.43. The molecule has 0 fully saturated rings. The van der Waals surface area contributed by atoms with Gasteiger partial charge in [0.05, 0.1) is 5.69 Å². The minimum Gasteiger partial charge on any atom is -0.296 e. The van der Waals surface area contributed by atoms with Gasteiger partial charge in [-0.15, -0.1) is 5.10 Å². The van der Waals surface area contributed by atoms with E-state index in [-0.39, 0.29) is 12.0 Å². The Labute approximate surface area is 97.8 Å². The van der Waals surface area contributed by atoms with Gasteiger partial charge in [-0.25, -0.2) is 9.07 Å². The summed E-state index contributed by atoms with van der Waals surface area (Å²) in [6.07, 6.45) is -4.86. The van der Waals surface area contributed by atoms with Crippen LogP contribution in [0.5, 0.6) is 0 Å². The van der Waals surface area contributed by atoms with Crippen LogP contribution in [0.4, 0.5) is 17.6 Å². The molecular formula is C10H5F4N3O. The molecular weight excluding hydrogens is 254 g/mol. The first-order valence-electron chi connectivity index (χ1n) is 4.67. The molecule has 1 aromatic heterocycles. The summed E-state index contributed by atoms with van der Waals surface area (Å²) in [6.45, 7) is 0. The summed E-state index contributed by atoms with van der Waals surface area (Å²) < 4.78 is 51.6. The van der Waals surface area contributed by atoms with Gasteiger partial charge in [0.2, 0.25) is 0 Å². The van der Waals surface area contributed by atoms with Gasteiger partial charge in [0.25, 0.3) is 0 Å². The lowest BCUT2D eigenvalue weighted by atomic mass is 10.2. The molecule has 94 valence electrons. The number of carbonyl (C=O) groups is 1. The van der Waals surface area contributed by atoms with Crippen molar-refractivity contribution in [1.29, 1.82) is 0 Å². The normalized spacial score (nSPS) is 11.6. The number of aldehydes is 1. The van der Waals surface area contributed by atoms with E-state index in [4.69, 9.17) is 0 Å². The van der Waals surface area contributed by atoms with E-state index >= 15 is 0 Å². The van der Waals surface area contributed by atoms with Crippen LogP contribution in [0.1, 0.15) is 16.2 Å². The molecule has 0 amide bonds. The van der Waals surface area contributed by atoms with Crippen LogP contribution >= 0.6 is 0 Å². The zero-order valence-electron chi connectivity index (χ0n) is 8.65. The summed E-state index contributed by atoms with van der Waals surface area (Å²) in [6, 6.07) is 4.39. The van der Waals surface area contributed by atoms with Crippen molar-refractivity contribution in [3.63, 3.8) is 0 Å². The maximum absolute atomic E-state index is 13.0. The van der Waals surface area contributed by atoms with Crippen molar-refractivity contribution >= 4 is 6.29 Å². The molecule has 4 nitrogen and oxygen atoms in total. The van der Waals surface area contributed by atoms with Gasteiger partial charge in [-0.2, -0.15) is 13.2 Å². The lowest BCUT2D eigenvalue weighted by molar-refractivity contribution is -0.143. The van der Waals surface area contributed by atoms with Gasteiger partial charge in [-0.3, -0.25) is 4.79 Å². The predicted octanol–water partition coefficient (Wildman–Crippen LogP) is 2.24. The highest BCUT2D eigenvalue weighted by Gasteiger charge is 2.39. The van der Waals surface area contributed by atoms with E-state index < -0.39 is 23.4 Å². The SMILES string of the molecule is O=Cc1nnn(-c2cccc(F)c2)c1C(F)(F)F. The van der Waals surface area contributed by atoms with Crippen LogP contribution in [0.2, 0.25) is 0 Å². The molecule has 0 aliphatic rings. The van der Waals surface area contributed by atoms with Gasteiger partial charge in [0, 0.05) is 0 Å². The van der Waals surface area contributed by atoms with Crippen LogP contribution in [-0.4, -0.2) is 21.3 Å². The predicted molar refractivity (Wildman–Crippen MR) is 51.7 cm³/mol. The summed E-state index contributed by atoms with van der Waals surface area (Å²) in [5, 5.41) is 6.32. The average molecular weight is 259 g/mol. The zero-order chi connectivity index (χ0) is 13.3. The van der Waals surface area contributed by atoms with Crippen molar-refractivity contribution in [3.8, 4) is 5.69 Å². The second-order valence-electron chi connectivity index (χ2n) is 3.33. The van der Waals surface area contributed by atoms with Crippen LogP contribution in [0.15, 0.2) is 24.3 Å². The minimum absolute atomic E-state index is 0.0500. The van der Waals surface area contributed by atoms with Crippen molar-refractivity contribution in [2.45, 2.75) is 6.18 Å². The lowest BCUT2D eigenvalue weighted by Gasteiger charge is -2.09. The molecule has 0 aliphatic heterocycles. The Bertz CT molecular complexity index is 591. The van der Waals surface area contributed by atoms with E-state index in [1.54, 1.807) is 0 Å². The van der Waals surface area contributed by atoms with Crippen LogP contribution < -0.4 is 0 Å². The molecule has 1 heterocycles. The number of aromatic nitrogens is 3. The Morgan fingerprint density at radius 3 is 2.56 bits per heavy atom. The van der Waals surface area contributed by atoms with Crippen molar-refractivity contribution in [1.82, 2.24) is 15.0 Å². The number of hydrogen-bond donors (Lipinski definition) is 0. The van der Waals surface area contributed by atoms with Crippen LogP contribution in [0.25, 0.3) is 5.69 Å². The van der Waals surface area contributed by atoms with Gasteiger partial charge in [-0.1, -0.05) is 11.3 Å². The van der Waals surface area contributed by atoms with E-state index in [1.165, 1.54) is 12.1 Å². The second-order valence-corrected chi connectivity index (χ2v) is 3.33. The van der Waals surface area contributed by atoms with Crippen LogP contribution in [0.3, 0.4) is 0 Å². The molecule has 8 heteroatoms. The van der Waals surface area contributed by atoms with Crippen molar-refractivity contribution in [3.05, 3.63) is 41.5 Å². The molecule has 0 spiro atoms. The number of nitrogens with zero attached hydrogens (tertiary/aromatic N) is 3. The molecule has 0 saturated heterocycles. The van der Waals surface area contributed by atoms with E-state index in [9.17, 15) is 22.4 Å². The number of alkyl halides is 3. The minimum atomic E-state index is -4.81. The Morgan fingerprint density at radius 1 is 1.28 bits per heavy atom. The van der Waals surface area contributed by atoms with Crippen molar-refractivity contribution in [2.24, 2.45) is 0 Å². The monoisotopic (exact) mass is 259 g/mol. The first kappa shape index (κ1) is 12.2. The fourth-order valence-corrected chi connectivity index (χ4v) is 1.43. The summed E-state index contributed by atoms with van der Waals surface area (Å²) in [5.74, 6) is -0.719. The highest BCUT2D eigenvalue weighted by molar-refractivity contribution is 5.73. The van der Waals surface area contributed by atoms with Crippen molar-refractivity contribution < 1.29 is 22.4 Å². The molecule has 0 aliphatic carbocycles. The Hall–Kier alpha value is -2.25. The number of hydrogen-bond acceptors (Lipinski definition) is 3. The van der Waals surface area contributed by atoms with E-state index in [2.05, 4.69) is 10.3 Å². The molecule has 0 bridgehead atoms. The summed E-state index contributed by atoms with van der Waals surface area (Å²) in [7, 11) is 0. The standard InChI is InChI=1S/C10H5F4N3O/c11-6-2-1-3-7(4-6)17-9(10(12,13)14)8(5-18)15-16-17/h1-5H. The number of halogens is 4. The maximum atomic E-state index is 13.0. The molecule has 0 atom stereocenters. The molecule has 0 N–H and O–H groups in total. The zero-order valence-corrected chi connectivity index (χ0v) is 8.65. The smallest absolute Gasteiger partial charge is 0.296 e. The number of benzene rings is 1. The average Bonchev–Trinajstić information content (AvgIpc) is 2.72. The largest absolute Gasteiger partial charge is 0.435 e. The van der Waals surface area contributed by atoms with E-state index in [0.717, 1.165) is 12.1 Å². The quantitative estimate of drug-likeness (QED) is 0.613. The highest BCUT2D eigenvalue weighted by Crippen LogP contribution is 2.32. The molecule has 0 unspecified atom stereocenters. The van der Waals surface area contributed by atoms with E-state index in [0.29, 0.717) is 4.68 Å². The lowest BCUT2D eigenvalue weighted by Crippen LogP contribution is -2.15. The number of carbonyl (C=O) groups excluding carboxylic acids is 1. The van der Waals surface area contributed by atoms with Gasteiger partial charge in [0.1, 0.15) is 5.82 Å². The van der Waals surface area contributed by atoms with E-state index in [1.807, 2.05) is 0 Å². The van der Waals surface area contributed by atoms with Gasteiger partial charge < -0.3 is 0 Å². The van der Waals surface area contributed by atoms with Gasteiger partial charge >= 0.3 is 6.18 Å². The third-order valence-corrected chi connectivity index (χ3v) is 2.13. The molecule has 18 heavy (non-hydrogen) atoms. The van der Waals surface area contributed by atoms with Crippen LogP contribution in [-0.2, 0) is 6.18 Å². The third kappa shape index (κ3) is 2.08. The van der Waals surface area contributed by atoms with Gasteiger partial charge in [-0.05, 0) is 18.2 Å². The Morgan fingerprint density at radius 2 is 2.00 bits per heavy atom. The first-order valence-corrected chi connectivity index (χ1v) is 4.67. The van der Waals surface area contributed by atoms with Crippen molar-refractivity contribution in [2.75, 3.05) is 0 Å². The molecule has 1 aromatic carbocycles. The van der Waals surface area contributed by atoms with Crippen LogP contribution in [0, 0.1) is 5.82 Å². The molecule has 2 rings (SSSR count). The maximum Gasteiger partial charge on any atom is 0.435 e. The Kier molecular flexibility index (Phi) is 2.85. The summed E-state index contributed by atoms with van der Waals surface area (Å²) in [4.78, 5) is 10.5. The molecule has 2 aromatic rings. The molecule has 0 radical (unpaired) electrons. The van der Waals surface area contributed by atoms with Gasteiger partial charge in [0.15, 0.2) is 17.7 Å². The first-order chi connectivity index (χ1) is 8.43.